The lowest BCUT2D eigenvalue weighted by Crippen LogP contribution is -2.59. The predicted octanol–water partition coefficient (Wildman–Crippen LogP) is 1.49. The normalized spacial score (nSPS) is 18.9. The number of amides is 2. The number of ether oxygens (including phenoxy) is 1. The fraction of sp³-hybridized carbons (Fsp3) is 0.263. The molecule has 1 saturated heterocycles. The Labute approximate surface area is 181 Å². The molecule has 0 bridgehead atoms. The molecule has 12 heteroatoms. The SMILES string of the molecule is COc1ccc(S(=O)(=O)C2CNC(SCC(=O)Nc3cc(F)ccc3F)NC2=O)cc1. The van der Waals surface area contributed by atoms with Gasteiger partial charge < -0.3 is 15.4 Å². The van der Waals surface area contributed by atoms with Crippen molar-refractivity contribution in [1.82, 2.24) is 10.6 Å². The highest BCUT2D eigenvalue weighted by Gasteiger charge is 2.38. The zero-order valence-corrected chi connectivity index (χ0v) is 17.9. The van der Waals surface area contributed by atoms with Gasteiger partial charge in [-0.25, -0.2) is 17.2 Å². The van der Waals surface area contributed by atoms with E-state index in [0.717, 1.165) is 30.0 Å². The summed E-state index contributed by atoms with van der Waals surface area (Å²) in [6.45, 7) is -0.155. The summed E-state index contributed by atoms with van der Waals surface area (Å²) in [5.74, 6) is -2.51. The van der Waals surface area contributed by atoms with Gasteiger partial charge in [-0.1, -0.05) is 0 Å². The van der Waals surface area contributed by atoms with Crippen molar-refractivity contribution in [2.45, 2.75) is 15.6 Å². The van der Waals surface area contributed by atoms with E-state index < -0.39 is 44.0 Å². The Balaban J connectivity index is 1.55. The highest BCUT2D eigenvalue weighted by Crippen LogP contribution is 2.22. The number of sulfone groups is 1. The third-order valence-corrected chi connectivity index (χ3v) is 7.51. The molecular formula is C19H19F2N3O5S2. The van der Waals surface area contributed by atoms with Crippen molar-refractivity contribution in [2.75, 3.05) is 24.7 Å². The van der Waals surface area contributed by atoms with Crippen molar-refractivity contribution >= 4 is 39.1 Å². The summed E-state index contributed by atoms with van der Waals surface area (Å²) in [6.07, 6.45) is 0. The van der Waals surface area contributed by atoms with Gasteiger partial charge in [-0.05, 0) is 36.4 Å². The van der Waals surface area contributed by atoms with Crippen LogP contribution in [0.25, 0.3) is 0 Å². The van der Waals surface area contributed by atoms with Gasteiger partial charge in [-0.15, -0.1) is 11.8 Å². The van der Waals surface area contributed by atoms with Crippen molar-refractivity contribution in [1.29, 1.82) is 0 Å². The van der Waals surface area contributed by atoms with Crippen LogP contribution in [0, 0.1) is 11.6 Å². The topological polar surface area (TPSA) is 114 Å². The standard InChI is InChI=1S/C19H19F2N3O5S2/c1-29-12-3-5-13(6-4-12)31(27,28)16-9-22-19(24-18(16)26)30-10-17(25)23-15-8-11(20)2-7-14(15)21/h2-8,16,19,22H,9-10H2,1H3,(H,23,25)(H,24,26). The number of hydrogen-bond acceptors (Lipinski definition) is 7. The van der Waals surface area contributed by atoms with Crippen LogP contribution in [0.15, 0.2) is 47.4 Å². The maximum Gasteiger partial charge on any atom is 0.241 e. The van der Waals surface area contributed by atoms with E-state index >= 15 is 0 Å². The van der Waals surface area contributed by atoms with Crippen molar-refractivity contribution in [3.05, 3.63) is 54.1 Å². The number of carbonyl (C=O) groups excluding carboxylic acids is 2. The van der Waals surface area contributed by atoms with Crippen LogP contribution in [0.1, 0.15) is 0 Å². The summed E-state index contributed by atoms with van der Waals surface area (Å²) in [6, 6.07) is 8.37. The van der Waals surface area contributed by atoms with E-state index in [9.17, 15) is 26.8 Å². The summed E-state index contributed by atoms with van der Waals surface area (Å²) < 4.78 is 57.3. The van der Waals surface area contributed by atoms with Gasteiger partial charge in [-0.3, -0.25) is 14.9 Å². The lowest BCUT2D eigenvalue weighted by Gasteiger charge is -2.29. The number of rotatable bonds is 7. The number of thioether (sulfide) groups is 1. The third kappa shape index (κ3) is 5.51. The molecule has 3 N–H and O–H groups in total. The number of anilines is 1. The zero-order valence-electron chi connectivity index (χ0n) is 16.2. The van der Waals surface area contributed by atoms with Crippen LogP contribution >= 0.6 is 11.8 Å². The van der Waals surface area contributed by atoms with Crippen LogP contribution in [-0.4, -0.2) is 50.4 Å². The van der Waals surface area contributed by atoms with Crippen molar-refractivity contribution < 1.29 is 31.5 Å². The van der Waals surface area contributed by atoms with Gasteiger partial charge >= 0.3 is 0 Å². The van der Waals surface area contributed by atoms with Gasteiger partial charge in [-0.2, -0.15) is 0 Å². The van der Waals surface area contributed by atoms with E-state index in [4.69, 9.17) is 4.74 Å². The second kappa shape index (κ2) is 9.62. The highest BCUT2D eigenvalue weighted by atomic mass is 32.2. The van der Waals surface area contributed by atoms with Crippen LogP contribution in [0.3, 0.4) is 0 Å². The van der Waals surface area contributed by atoms with E-state index in [1.165, 1.54) is 31.4 Å². The average molecular weight is 472 g/mol. The van der Waals surface area contributed by atoms with Gasteiger partial charge in [0.1, 0.15) is 22.9 Å². The molecule has 3 rings (SSSR count). The summed E-state index contributed by atoms with van der Waals surface area (Å²) in [7, 11) is -2.48. The zero-order chi connectivity index (χ0) is 22.6. The molecule has 8 nitrogen and oxygen atoms in total. The lowest BCUT2D eigenvalue weighted by molar-refractivity contribution is -0.122. The minimum Gasteiger partial charge on any atom is -0.497 e. The smallest absolute Gasteiger partial charge is 0.241 e. The molecule has 0 spiro atoms. The molecule has 166 valence electrons. The Bertz CT molecular complexity index is 1080. The molecule has 0 radical (unpaired) electrons. The summed E-state index contributed by atoms with van der Waals surface area (Å²) in [5.41, 5.74) is -1.02. The molecule has 2 aromatic carbocycles. The first kappa shape index (κ1) is 23.0. The molecule has 1 aliphatic rings. The fourth-order valence-electron chi connectivity index (χ4n) is 2.80. The van der Waals surface area contributed by atoms with Gasteiger partial charge in [0, 0.05) is 12.6 Å². The maximum absolute atomic E-state index is 13.6. The Morgan fingerprint density at radius 2 is 1.94 bits per heavy atom. The van der Waals surface area contributed by atoms with Crippen molar-refractivity contribution in [3.8, 4) is 5.75 Å². The quantitative estimate of drug-likeness (QED) is 0.561. The van der Waals surface area contributed by atoms with E-state index in [-0.39, 0.29) is 22.9 Å². The first-order valence-corrected chi connectivity index (χ1v) is 11.6. The molecule has 31 heavy (non-hydrogen) atoms. The van der Waals surface area contributed by atoms with Crippen LogP contribution in [0.5, 0.6) is 5.75 Å². The van der Waals surface area contributed by atoms with Crippen LogP contribution in [-0.2, 0) is 19.4 Å². The number of carbonyl (C=O) groups is 2. The van der Waals surface area contributed by atoms with Gasteiger partial charge in [0.25, 0.3) is 0 Å². The van der Waals surface area contributed by atoms with Gasteiger partial charge in [0.15, 0.2) is 15.1 Å². The minimum atomic E-state index is -3.94. The molecule has 1 fully saturated rings. The molecule has 1 aliphatic heterocycles. The van der Waals surface area contributed by atoms with E-state index in [1.807, 2.05) is 0 Å². The van der Waals surface area contributed by atoms with Crippen molar-refractivity contribution in [2.24, 2.45) is 0 Å². The molecule has 2 amide bonds. The molecule has 2 aromatic rings. The second-order valence-corrected chi connectivity index (χ2v) is 9.71. The fourth-order valence-corrected chi connectivity index (χ4v) is 5.11. The first-order valence-electron chi connectivity index (χ1n) is 8.99. The molecule has 2 atom stereocenters. The van der Waals surface area contributed by atoms with Crippen LogP contribution in [0.4, 0.5) is 14.5 Å². The van der Waals surface area contributed by atoms with E-state index in [0.29, 0.717) is 5.75 Å². The Hall–Kier alpha value is -2.70. The monoisotopic (exact) mass is 471 g/mol. The first-order chi connectivity index (χ1) is 14.7. The number of nitrogens with one attached hydrogen (secondary N) is 3. The lowest BCUT2D eigenvalue weighted by atomic mass is 10.3. The summed E-state index contributed by atoms with van der Waals surface area (Å²) in [4.78, 5) is 24.4. The number of halogens is 2. The second-order valence-electron chi connectivity index (χ2n) is 6.49. The minimum absolute atomic E-state index is 0.0159. The van der Waals surface area contributed by atoms with Gasteiger partial charge in [0.2, 0.25) is 11.8 Å². The predicted molar refractivity (Wildman–Crippen MR) is 111 cm³/mol. The van der Waals surface area contributed by atoms with Crippen LogP contribution in [0.2, 0.25) is 0 Å². The van der Waals surface area contributed by atoms with E-state index in [2.05, 4.69) is 16.0 Å². The molecule has 2 unspecified atom stereocenters. The maximum atomic E-state index is 13.6. The highest BCUT2D eigenvalue weighted by molar-refractivity contribution is 8.00. The number of benzene rings is 2. The number of methoxy groups -OCH3 is 1. The Morgan fingerprint density at radius 1 is 1.23 bits per heavy atom. The summed E-state index contributed by atoms with van der Waals surface area (Å²) in [5, 5.41) is 6.25. The van der Waals surface area contributed by atoms with Gasteiger partial charge in [0.05, 0.1) is 23.4 Å². The van der Waals surface area contributed by atoms with Crippen LogP contribution < -0.4 is 20.7 Å². The Kier molecular flexibility index (Phi) is 7.13. The van der Waals surface area contributed by atoms with Crippen molar-refractivity contribution in [3.63, 3.8) is 0 Å². The molecule has 1 heterocycles. The molecule has 0 aliphatic carbocycles. The molecular weight excluding hydrogens is 452 g/mol. The van der Waals surface area contributed by atoms with E-state index in [1.54, 1.807) is 0 Å². The number of hydrogen-bond donors (Lipinski definition) is 3. The third-order valence-electron chi connectivity index (χ3n) is 4.40. The molecule has 0 aromatic heterocycles. The largest absolute Gasteiger partial charge is 0.497 e. The summed E-state index contributed by atoms with van der Waals surface area (Å²) >= 11 is 0.969. The molecule has 0 saturated carbocycles. The Morgan fingerprint density at radius 3 is 2.58 bits per heavy atom. The average Bonchev–Trinajstić information content (AvgIpc) is 2.74.